The number of hydrogen-bond acceptors (Lipinski definition) is 28. The van der Waals surface area contributed by atoms with Gasteiger partial charge in [0.05, 0.1) is 203 Å². The number of H-pyrrole nitrogens is 1. The minimum Gasteiger partial charge on any atom is -0.445 e. The number of rotatable bonds is 69. The van der Waals surface area contributed by atoms with Gasteiger partial charge in [0.25, 0.3) is 0 Å². The minimum absolute atomic E-state index is 0.0850. The van der Waals surface area contributed by atoms with Gasteiger partial charge >= 0.3 is 6.09 Å². The van der Waals surface area contributed by atoms with Gasteiger partial charge < -0.3 is 124 Å². The van der Waals surface area contributed by atoms with Crippen molar-refractivity contribution in [1.29, 1.82) is 0 Å². The number of hydrogen-bond donors (Lipinski definition) is 9. The van der Waals surface area contributed by atoms with Crippen LogP contribution in [0.4, 0.5) is 16.3 Å². The summed E-state index contributed by atoms with van der Waals surface area (Å²) in [6.45, 7) is 32.8. The van der Waals surface area contributed by atoms with E-state index in [4.69, 9.17) is 83.0 Å². The van der Waals surface area contributed by atoms with Crippen molar-refractivity contribution < 1.29 is 105 Å². The number of aromatic nitrogens is 3. The number of piperidine rings is 1. The number of likely N-dealkylation sites (N-methyl/N-ethyl adjacent to an activating group) is 2. The molecule has 760 valence electrons. The number of methoxy groups -OCH3 is 2. The molecular weight excluding hydrogens is 1760 g/mol. The highest BCUT2D eigenvalue weighted by Gasteiger charge is 2.45. The first-order valence-electron chi connectivity index (χ1n) is 48.7. The maximum Gasteiger partial charge on any atom is 0.410 e. The molecule has 5 heterocycles. The average molecular weight is 1920 g/mol. The number of nitrogens with one attached hydrogen (secondary N) is 6. The van der Waals surface area contributed by atoms with Crippen LogP contribution in [0.15, 0.2) is 60.7 Å². The highest BCUT2D eigenvalue weighted by atomic mass is 32.1. The topological polar surface area (TPSA) is 444 Å². The molecule has 5 aromatic rings. The third kappa shape index (κ3) is 38.5. The molecule has 0 bridgehead atoms. The Kier molecular flexibility index (Phi) is 52.8. The molecular formula is C98H160N14O22S. The van der Waals surface area contributed by atoms with E-state index >= 15 is 0 Å². The Bertz CT molecular complexity index is 4260. The molecule has 3 aromatic heterocycles. The van der Waals surface area contributed by atoms with E-state index in [0.29, 0.717) is 199 Å². The number of nitrogens with two attached hydrogens (primary N) is 2. The molecule has 2 aliphatic heterocycles. The summed E-state index contributed by atoms with van der Waals surface area (Å²) in [5.74, 6) is -2.59. The summed E-state index contributed by atoms with van der Waals surface area (Å²) in [6, 6.07) is 12.3. The number of unbranched alkanes of at least 4 members (excludes halogenated alkanes) is 2. The molecule has 7 rings (SSSR count). The van der Waals surface area contributed by atoms with Crippen LogP contribution in [-0.2, 0) is 108 Å². The van der Waals surface area contributed by atoms with Crippen LogP contribution in [0.1, 0.15) is 187 Å². The predicted octanol–water partition coefficient (Wildman–Crippen LogP) is 9.12. The molecule has 0 unspecified atom stereocenters. The fraction of sp³-hybridized carbons (Fsp3) is 0.714. The smallest absolute Gasteiger partial charge is 0.410 e. The zero-order valence-electron chi connectivity index (χ0n) is 82.9. The number of aliphatic hydroxyl groups is 1. The number of benzene rings is 2. The number of nitrogens with zero attached hydrogens (tertiary/aromatic N) is 6. The van der Waals surface area contributed by atoms with E-state index in [1.54, 1.807) is 80.9 Å². The van der Waals surface area contributed by atoms with Crippen LogP contribution < -0.4 is 38.1 Å². The number of aromatic amines is 1. The third-order valence-corrected chi connectivity index (χ3v) is 26.2. The molecule has 11 N–H and O–H groups in total. The summed E-state index contributed by atoms with van der Waals surface area (Å²) in [5, 5.41) is 25.5. The lowest BCUT2D eigenvalue weighted by Gasteiger charge is -2.41. The number of imidazole rings is 1. The van der Waals surface area contributed by atoms with E-state index in [2.05, 4.69) is 49.5 Å². The van der Waals surface area contributed by atoms with Crippen molar-refractivity contribution in [3.05, 3.63) is 82.5 Å². The van der Waals surface area contributed by atoms with Crippen molar-refractivity contribution in [2.24, 2.45) is 35.3 Å². The molecule has 0 aliphatic carbocycles. The number of ether oxygens (including phenoxy) is 13. The molecule has 2 aromatic carbocycles. The van der Waals surface area contributed by atoms with E-state index in [1.165, 1.54) is 31.0 Å². The highest BCUT2D eigenvalue weighted by Crippen LogP contribution is 2.40. The Morgan fingerprint density at radius 1 is 0.622 bits per heavy atom. The van der Waals surface area contributed by atoms with Crippen LogP contribution in [0.3, 0.4) is 0 Å². The molecule has 8 amide bonds. The Labute approximate surface area is 803 Å². The first-order chi connectivity index (χ1) is 65.0. The zero-order chi connectivity index (χ0) is 98.1. The maximum atomic E-state index is 14.9. The van der Waals surface area contributed by atoms with Gasteiger partial charge in [0, 0.05) is 71.4 Å². The van der Waals surface area contributed by atoms with E-state index in [0.717, 1.165) is 78.8 Å². The SMILES string of the molecule is CCCCc1nc2c(N)nc3cc(C4CCN(CCOCCOCCOCCOCCOCCOCCOCCOCCOCCOCCC(=O)NCCCC[C@H](NC(=O)[C@@H](N)C(C)C)C(=O)Nc5ccc(COC(=O)N(C)[C@H](C(=O)N[C@H](C(=O)N(C)[C@@H]([C@@H](C)CC)[C@@H](CC(=O)N6CCC[C@H]6[C@H](OC)[C@@H](C)C(=O)N[C@H](C)[C@@H](O)c6ccccc6)OC)C(C)C)C(C)C)cc5)CC4)sc3c2[nH]1. The van der Waals surface area contributed by atoms with E-state index in [-0.39, 0.29) is 62.0 Å². The van der Waals surface area contributed by atoms with Gasteiger partial charge in [-0.3, -0.25) is 38.5 Å². The van der Waals surface area contributed by atoms with Crippen LogP contribution >= 0.6 is 11.3 Å². The summed E-state index contributed by atoms with van der Waals surface area (Å²) >= 11 is 1.83. The lowest BCUT2D eigenvalue weighted by molar-refractivity contribution is -0.148. The summed E-state index contributed by atoms with van der Waals surface area (Å²) in [7, 11) is 6.14. The number of carbonyl (C=O) groups is 8. The van der Waals surface area contributed by atoms with E-state index < -0.39 is 108 Å². The second-order valence-corrected chi connectivity index (χ2v) is 37.1. The van der Waals surface area contributed by atoms with Crippen LogP contribution in [0, 0.1) is 29.6 Å². The monoisotopic (exact) mass is 1920 g/mol. The number of likely N-dealkylation sites (tertiary alicyclic amines) is 2. The summed E-state index contributed by atoms with van der Waals surface area (Å²) in [5.41, 5.74) is 16.9. The Balaban J connectivity index is 0.670. The second kappa shape index (κ2) is 62.7. The van der Waals surface area contributed by atoms with Crippen molar-refractivity contribution >= 4 is 91.5 Å². The van der Waals surface area contributed by atoms with E-state index in [1.807, 2.05) is 71.1 Å². The number of carbonyl (C=O) groups excluding carboxylic acids is 8. The van der Waals surface area contributed by atoms with Gasteiger partial charge in [0.2, 0.25) is 41.4 Å². The number of fused-ring (bicyclic) bond motifs is 3. The largest absolute Gasteiger partial charge is 0.445 e. The number of aliphatic hydroxyl groups excluding tert-OH is 1. The van der Waals surface area contributed by atoms with Gasteiger partial charge in [-0.15, -0.1) is 11.3 Å². The zero-order valence-corrected chi connectivity index (χ0v) is 83.7. The quantitative estimate of drug-likeness (QED) is 0.0164. The summed E-state index contributed by atoms with van der Waals surface area (Å²) in [6.07, 6.45) is 5.38. The second-order valence-electron chi connectivity index (χ2n) is 36.1. The molecule has 0 radical (unpaired) electrons. The molecule has 135 heavy (non-hydrogen) atoms. The Morgan fingerprint density at radius 3 is 1.73 bits per heavy atom. The average Bonchev–Trinajstić information content (AvgIpc) is 1.61. The normalized spacial score (nSPS) is 16.4. The Morgan fingerprint density at radius 2 is 1.19 bits per heavy atom. The fourth-order valence-electron chi connectivity index (χ4n) is 16.6. The lowest BCUT2D eigenvalue weighted by atomic mass is 9.89. The number of amides is 8. The van der Waals surface area contributed by atoms with Crippen molar-refractivity contribution in [1.82, 2.24) is 55.8 Å². The van der Waals surface area contributed by atoms with Crippen molar-refractivity contribution in [3.8, 4) is 0 Å². The molecule has 2 aliphatic rings. The number of thiophene rings is 1. The molecule has 36 nitrogen and oxygen atoms in total. The fourth-order valence-corrected chi connectivity index (χ4v) is 17.9. The summed E-state index contributed by atoms with van der Waals surface area (Å²) in [4.78, 5) is 133. The predicted molar refractivity (Wildman–Crippen MR) is 519 cm³/mol. The van der Waals surface area contributed by atoms with Crippen LogP contribution in [0.2, 0.25) is 0 Å². The molecule has 37 heteroatoms. The van der Waals surface area contributed by atoms with Gasteiger partial charge in [-0.25, -0.2) is 14.8 Å². The van der Waals surface area contributed by atoms with Crippen molar-refractivity contribution in [2.75, 3.05) is 204 Å². The Hall–Kier alpha value is -8.22. The van der Waals surface area contributed by atoms with Crippen molar-refractivity contribution in [3.63, 3.8) is 0 Å². The number of pyridine rings is 1. The van der Waals surface area contributed by atoms with Crippen LogP contribution in [-0.4, -0.2) is 335 Å². The first kappa shape index (κ1) is 114. The molecule has 0 saturated carbocycles. The van der Waals surface area contributed by atoms with Gasteiger partial charge in [0.1, 0.15) is 36.1 Å². The first-order valence-corrected chi connectivity index (χ1v) is 49.5. The standard InChI is InChI=1S/C98H160N14O22S/c1-16-18-29-80-106-85-86(107-80)92(100)104-76-62-79(135-91(76)85)72-34-39-111(40-35-72)41-43-125-45-47-127-49-51-129-53-55-131-57-59-133-61-60-132-58-56-130-54-52-128-50-48-126-46-44-124-42-36-81(113)101-37-23-22-27-75(105-95(118)83(99)65(3)4)94(117)103-74-32-30-71(31-33-74)64-134-98(121)110(13)87(67(7)8)96(119)108-84(66(5)6)97(120)109(12)88(68(9)17-2)78(122-14)63-82(114)112-38-24-28-77(112)90(123-15)69(10)93(116)102-70(11)89(115)73-25-20-19-21-26-73/h19-21,25-26,30-33,62,65-70,72,75,77-78,83-84,87-90,115H,16-18,22-24,27-29,34-61,63-64,99H2,1-15H3,(H2,100,104)(H,101,113)(H,102,116)(H,103,117)(H,105,118)(H,106,107)(H,108,119)/t68-,69+,70+,75-,77-,78+,83-,84-,87-,88-,89+,90+/m0/s1. The van der Waals surface area contributed by atoms with Gasteiger partial charge in [-0.05, 0) is 130 Å². The van der Waals surface area contributed by atoms with Gasteiger partial charge in [0.15, 0.2) is 5.82 Å². The number of nitrogen functional groups attached to an aromatic ring is 1. The molecule has 2 fully saturated rings. The lowest BCUT2D eigenvalue weighted by Crippen LogP contribution is -2.60. The van der Waals surface area contributed by atoms with Crippen LogP contribution in [0.25, 0.3) is 21.3 Å². The van der Waals surface area contributed by atoms with Gasteiger partial charge in [-0.2, -0.15) is 0 Å². The maximum absolute atomic E-state index is 14.9. The van der Waals surface area contributed by atoms with Crippen molar-refractivity contribution in [2.45, 2.75) is 233 Å². The van der Waals surface area contributed by atoms with E-state index in [9.17, 15) is 43.5 Å². The number of aryl methyl sites for hydroxylation is 1. The third-order valence-electron chi connectivity index (χ3n) is 24.9. The highest BCUT2D eigenvalue weighted by molar-refractivity contribution is 7.20. The molecule has 2 saturated heterocycles. The van der Waals surface area contributed by atoms with Crippen LogP contribution in [0.5, 0.6) is 0 Å². The van der Waals surface area contributed by atoms with Gasteiger partial charge in [-0.1, -0.05) is 125 Å². The molecule has 0 spiro atoms. The minimum atomic E-state index is -1.07. The molecule has 12 atom stereocenters. The number of anilines is 2. The summed E-state index contributed by atoms with van der Waals surface area (Å²) < 4.78 is 75.3.